The Morgan fingerprint density at radius 1 is 1.08 bits per heavy atom. The highest BCUT2D eigenvalue weighted by atomic mass is 16.5. The number of nitrogens with zero attached hydrogens (tertiary/aromatic N) is 1. The molecule has 0 saturated heterocycles. The van der Waals surface area contributed by atoms with Gasteiger partial charge in [-0.15, -0.1) is 0 Å². The molecule has 1 fully saturated rings. The number of fused-ring (bicyclic) bond motifs is 1. The number of ether oxygens (including phenoxy) is 2. The van der Waals surface area contributed by atoms with E-state index in [0.717, 1.165) is 47.7 Å². The highest BCUT2D eigenvalue weighted by molar-refractivity contribution is 6.01. The number of carbonyl (C=O) groups is 1. The Labute approximate surface area is 147 Å². The number of rotatable bonds is 4. The summed E-state index contributed by atoms with van der Waals surface area (Å²) in [5.74, 6) is 1.46. The number of hydrogen-bond acceptors (Lipinski definition) is 4. The molecule has 0 radical (unpaired) electrons. The van der Waals surface area contributed by atoms with Crippen LogP contribution in [0.3, 0.4) is 0 Å². The fraction of sp³-hybridized carbons (Fsp3) is 0.350. The fourth-order valence-corrected chi connectivity index (χ4v) is 3.60. The van der Waals surface area contributed by atoms with Crippen molar-refractivity contribution in [1.29, 1.82) is 0 Å². The maximum atomic E-state index is 12.4. The Balaban J connectivity index is 1.73. The zero-order valence-corrected chi connectivity index (χ0v) is 14.5. The van der Waals surface area contributed by atoms with Crippen LogP contribution in [-0.2, 0) is 6.54 Å². The number of methoxy groups -OCH3 is 2. The molecule has 130 valence electrons. The molecule has 4 rings (SSSR count). The molecule has 0 aromatic heterocycles. The molecule has 0 bridgehead atoms. The number of carbonyl (C=O) groups excluding carboxylic acids is 1. The van der Waals surface area contributed by atoms with E-state index in [4.69, 9.17) is 9.47 Å². The van der Waals surface area contributed by atoms with E-state index < -0.39 is 0 Å². The van der Waals surface area contributed by atoms with Crippen LogP contribution in [0, 0.1) is 0 Å². The maximum Gasteiger partial charge on any atom is 0.253 e. The average Bonchev–Trinajstić information content (AvgIpc) is 3.45. The van der Waals surface area contributed by atoms with Crippen LogP contribution >= 0.6 is 0 Å². The van der Waals surface area contributed by atoms with Crippen LogP contribution in [0.2, 0.25) is 0 Å². The number of nitrogens with one attached hydrogen (secondary N) is 1. The summed E-state index contributed by atoms with van der Waals surface area (Å²) in [6.07, 6.45) is 2.18. The molecule has 1 amide bonds. The molecule has 2 aromatic carbocycles. The first-order chi connectivity index (χ1) is 12.2. The van der Waals surface area contributed by atoms with E-state index in [-0.39, 0.29) is 11.4 Å². The average molecular weight is 338 g/mol. The molecule has 5 nitrogen and oxygen atoms in total. The standard InChI is InChI=1S/C20H22N2O3/c1-24-17-8-7-14(11-18(17)25-2)12-22-16-6-4-3-5-15(16)19(23)21-13-20(22)9-10-20/h3-8,11H,9-10,12-13H2,1-2H3,(H,21,23). The summed E-state index contributed by atoms with van der Waals surface area (Å²) in [7, 11) is 3.28. The van der Waals surface area contributed by atoms with Crippen molar-refractivity contribution in [3.05, 3.63) is 53.6 Å². The van der Waals surface area contributed by atoms with Gasteiger partial charge in [0.05, 0.1) is 31.0 Å². The van der Waals surface area contributed by atoms with Crippen molar-refractivity contribution in [2.24, 2.45) is 0 Å². The van der Waals surface area contributed by atoms with E-state index in [0.29, 0.717) is 6.54 Å². The minimum absolute atomic E-state index is 0.0108. The summed E-state index contributed by atoms with van der Waals surface area (Å²) in [5, 5.41) is 3.08. The lowest BCUT2D eigenvalue weighted by atomic mass is 10.1. The molecular formula is C20H22N2O3. The van der Waals surface area contributed by atoms with Gasteiger partial charge >= 0.3 is 0 Å². The summed E-state index contributed by atoms with van der Waals surface area (Å²) in [5.41, 5.74) is 2.90. The van der Waals surface area contributed by atoms with Crippen molar-refractivity contribution in [2.45, 2.75) is 24.9 Å². The van der Waals surface area contributed by atoms with Gasteiger partial charge in [0, 0.05) is 13.1 Å². The van der Waals surface area contributed by atoms with Gasteiger partial charge in [0.15, 0.2) is 11.5 Å². The zero-order valence-electron chi connectivity index (χ0n) is 14.5. The van der Waals surface area contributed by atoms with Crippen molar-refractivity contribution in [3.63, 3.8) is 0 Å². The zero-order chi connectivity index (χ0) is 17.4. The number of benzene rings is 2. The van der Waals surface area contributed by atoms with Crippen molar-refractivity contribution in [3.8, 4) is 11.5 Å². The SMILES string of the molecule is COc1ccc(CN2c3ccccc3C(=O)NCC23CC3)cc1OC. The Hall–Kier alpha value is -2.69. The first-order valence-corrected chi connectivity index (χ1v) is 8.53. The van der Waals surface area contributed by atoms with E-state index in [1.54, 1.807) is 14.2 Å². The van der Waals surface area contributed by atoms with Crippen LogP contribution in [0.15, 0.2) is 42.5 Å². The van der Waals surface area contributed by atoms with Crippen LogP contribution in [0.1, 0.15) is 28.8 Å². The van der Waals surface area contributed by atoms with Gasteiger partial charge < -0.3 is 19.7 Å². The summed E-state index contributed by atoms with van der Waals surface area (Å²) < 4.78 is 10.8. The van der Waals surface area contributed by atoms with Gasteiger partial charge in [-0.1, -0.05) is 18.2 Å². The van der Waals surface area contributed by atoms with E-state index >= 15 is 0 Å². The maximum absolute atomic E-state index is 12.4. The Bertz CT molecular complexity index is 814. The molecule has 0 unspecified atom stereocenters. The van der Waals surface area contributed by atoms with Crippen LogP contribution in [0.25, 0.3) is 0 Å². The third-order valence-corrected chi connectivity index (χ3v) is 5.21. The summed E-state index contributed by atoms with van der Waals surface area (Å²) in [4.78, 5) is 14.8. The minimum Gasteiger partial charge on any atom is -0.493 e. The van der Waals surface area contributed by atoms with Gasteiger partial charge in [-0.05, 0) is 42.7 Å². The number of para-hydroxylation sites is 1. The lowest BCUT2D eigenvalue weighted by Crippen LogP contribution is -2.43. The number of hydrogen-bond donors (Lipinski definition) is 1. The van der Waals surface area contributed by atoms with Crippen molar-refractivity contribution >= 4 is 11.6 Å². The van der Waals surface area contributed by atoms with Gasteiger partial charge in [0.2, 0.25) is 0 Å². The smallest absolute Gasteiger partial charge is 0.253 e. The second-order valence-corrected chi connectivity index (χ2v) is 6.70. The predicted molar refractivity (Wildman–Crippen MR) is 96.5 cm³/mol. The third-order valence-electron chi connectivity index (χ3n) is 5.21. The Kier molecular flexibility index (Phi) is 3.79. The van der Waals surface area contributed by atoms with Crippen LogP contribution in [0.4, 0.5) is 5.69 Å². The lowest BCUT2D eigenvalue weighted by molar-refractivity contribution is 0.0954. The summed E-state index contributed by atoms with van der Waals surface area (Å²) in [6, 6.07) is 13.8. The molecule has 1 aliphatic heterocycles. The molecule has 2 aromatic rings. The van der Waals surface area contributed by atoms with Gasteiger partial charge in [-0.2, -0.15) is 0 Å². The van der Waals surface area contributed by atoms with Gasteiger partial charge in [-0.3, -0.25) is 4.79 Å². The van der Waals surface area contributed by atoms with Gasteiger partial charge in [0.25, 0.3) is 5.91 Å². The molecule has 0 atom stereocenters. The molecule has 1 heterocycles. The van der Waals surface area contributed by atoms with E-state index in [9.17, 15) is 4.79 Å². The highest BCUT2D eigenvalue weighted by Crippen LogP contribution is 2.47. The highest BCUT2D eigenvalue weighted by Gasteiger charge is 2.50. The predicted octanol–water partition coefficient (Wildman–Crippen LogP) is 2.99. The van der Waals surface area contributed by atoms with Crippen LogP contribution in [0.5, 0.6) is 11.5 Å². The van der Waals surface area contributed by atoms with Crippen molar-refractivity contribution in [2.75, 3.05) is 25.7 Å². The molecule has 1 aliphatic carbocycles. The minimum atomic E-state index is 0.0108. The quantitative estimate of drug-likeness (QED) is 0.931. The largest absolute Gasteiger partial charge is 0.493 e. The van der Waals surface area contributed by atoms with Crippen molar-refractivity contribution < 1.29 is 14.3 Å². The van der Waals surface area contributed by atoms with E-state index in [1.807, 2.05) is 36.4 Å². The Morgan fingerprint density at radius 3 is 2.56 bits per heavy atom. The van der Waals surface area contributed by atoms with E-state index in [2.05, 4.69) is 16.3 Å². The molecule has 25 heavy (non-hydrogen) atoms. The first kappa shape index (κ1) is 15.8. The molecule has 1 saturated carbocycles. The Morgan fingerprint density at radius 2 is 1.84 bits per heavy atom. The third kappa shape index (κ3) is 2.69. The van der Waals surface area contributed by atoms with Gasteiger partial charge in [-0.25, -0.2) is 0 Å². The molecule has 5 heteroatoms. The molecular weight excluding hydrogens is 316 g/mol. The molecule has 1 N–H and O–H groups in total. The topological polar surface area (TPSA) is 50.8 Å². The monoisotopic (exact) mass is 338 g/mol. The number of anilines is 1. The lowest BCUT2D eigenvalue weighted by Gasteiger charge is -2.33. The summed E-state index contributed by atoms with van der Waals surface area (Å²) >= 11 is 0. The van der Waals surface area contributed by atoms with Crippen LogP contribution < -0.4 is 19.7 Å². The van der Waals surface area contributed by atoms with E-state index in [1.165, 1.54) is 0 Å². The number of amides is 1. The molecule has 2 aliphatic rings. The first-order valence-electron chi connectivity index (χ1n) is 8.53. The second-order valence-electron chi connectivity index (χ2n) is 6.70. The molecule has 1 spiro atoms. The fourth-order valence-electron chi connectivity index (χ4n) is 3.60. The normalized spacial score (nSPS) is 17.5. The second kappa shape index (κ2) is 5.99. The van der Waals surface area contributed by atoms with Crippen molar-refractivity contribution in [1.82, 2.24) is 5.32 Å². The summed E-state index contributed by atoms with van der Waals surface area (Å²) in [6.45, 7) is 1.42. The van der Waals surface area contributed by atoms with Gasteiger partial charge in [0.1, 0.15) is 0 Å². The van der Waals surface area contributed by atoms with Crippen LogP contribution in [-0.4, -0.2) is 32.2 Å².